The maximum absolute atomic E-state index is 12.7. The van der Waals surface area contributed by atoms with Gasteiger partial charge in [0.05, 0.1) is 0 Å². The third-order valence-electron chi connectivity index (χ3n) is 2.29. The summed E-state index contributed by atoms with van der Waals surface area (Å²) in [5.41, 5.74) is 1.75. The van der Waals surface area contributed by atoms with E-state index >= 15 is 0 Å². The van der Waals surface area contributed by atoms with Crippen molar-refractivity contribution in [2.45, 2.75) is 18.7 Å². The fourth-order valence-corrected chi connectivity index (χ4v) is 1.42. The monoisotopic (exact) mass is 258 g/mol. The molecule has 0 N–H and O–H groups in total. The zero-order chi connectivity index (χ0) is 12.5. The van der Waals surface area contributed by atoms with Gasteiger partial charge in [-0.05, 0) is 23.6 Å². The van der Waals surface area contributed by atoms with Gasteiger partial charge in [0.25, 0.3) is 0 Å². The van der Waals surface area contributed by atoms with E-state index in [1.165, 1.54) is 0 Å². The average molecular weight is 259 g/mol. The van der Waals surface area contributed by atoms with Gasteiger partial charge in [-0.3, -0.25) is 0 Å². The second kappa shape index (κ2) is 4.41. The molecule has 0 amide bonds. The highest BCUT2D eigenvalue weighted by Crippen LogP contribution is 2.32. The van der Waals surface area contributed by atoms with Crippen LogP contribution in [0.3, 0.4) is 0 Å². The lowest BCUT2D eigenvalue weighted by atomic mass is 10.1. The van der Waals surface area contributed by atoms with Crippen molar-refractivity contribution in [1.29, 1.82) is 0 Å². The van der Waals surface area contributed by atoms with E-state index in [1.807, 2.05) is 19.1 Å². The van der Waals surface area contributed by atoms with Crippen LogP contribution in [0.1, 0.15) is 18.4 Å². The lowest BCUT2D eigenvalue weighted by Gasteiger charge is -1.98. The van der Waals surface area contributed by atoms with Gasteiger partial charge in [-0.15, -0.1) is 0 Å². The molecule has 0 aliphatic rings. The van der Waals surface area contributed by atoms with Crippen LogP contribution in [0.4, 0.5) is 8.78 Å². The first-order valence-electron chi connectivity index (χ1n) is 5.01. The van der Waals surface area contributed by atoms with Crippen LogP contribution in [0.2, 0.25) is 0 Å². The molecule has 2 aromatic rings. The molecule has 17 heavy (non-hydrogen) atoms. The van der Waals surface area contributed by atoms with Gasteiger partial charge in [0.15, 0.2) is 0 Å². The van der Waals surface area contributed by atoms with Crippen LogP contribution < -0.4 is 0 Å². The van der Waals surface area contributed by atoms with Gasteiger partial charge in [0, 0.05) is 5.56 Å². The molecule has 0 bridgehead atoms. The summed E-state index contributed by atoms with van der Waals surface area (Å²) >= 11 is 4.78. The Kier molecular flexibility index (Phi) is 3.11. The van der Waals surface area contributed by atoms with E-state index in [2.05, 4.69) is 14.7 Å². The largest absolute Gasteiger partial charge is 0.400 e. The normalized spacial score (nSPS) is 11.8. The third kappa shape index (κ3) is 2.61. The Morgan fingerprint density at radius 3 is 2.41 bits per heavy atom. The molecule has 0 aliphatic heterocycles. The topological polar surface area (TPSA) is 38.9 Å². The van der Waals surface area contributed by atoms with E-state index in [0.717, 1.165) is 12.0 Å². The Balaban J connectivity index is 2.30. The van der Waals surface area contributed by atoms with Crippen molar-refractivity contribution in [3.05, 3.63) is 35.7 Å². The lowest BCUT2D eigenvalue weighted by molar-refractivity contribution is 0.0551. The van der Waals surface area contributed by atoms with Crippen molar-refractivity contribution in [3.63, 3.8) is 0 Å². The molecule has 3 nitrogen and oxygen atoms in total. The SMILES string of the molecule is CCc1ccc(-c2noc(C(F)(F)Cl)n2)cc1. The Morgan fingerprint density at radius 2 is 1.94 bits per heavy atom. The number of halogens is 3. The molecule has 0 radical (unpaired) electrons. The smallest absolute Gasteiger partial charge is 0.331 e. The van der Waals surface area contributed by atoms with Gasteiger partial charge in [-0.2, -0.15) is 13.8 Å². The van der Waals surface area contributed by atoms with Crippen LogP contribution >= 0.6 is 11.6 Å². The van der Waals surface area contributed by atoms with E-state index in [4.69, 9.17) is 11.6 Å². The number of nitrogens with zero attached hydrogens (tertiary/aromatic N) is 2. The Morgan fingerprint density at radius 1 is 1.29 bits per heavy atom. The predicted octanol–water partition coefficient (Wildman–Crippen LogP) is 3.59. The Hall–Kier alpha value is -1.49. The molecule has 2 rings (SSSR count). The lowest BCUT2D eigenvalue weighted by Crippen LogP contribution is -2.03. The molecule has 6 heteroatoms. The quantitative estimate of drug-likeness (QED) is 0.790. The molecular weight excluding hydrogens is 250 g/mol. The zero-order valence-corrected chi connectivity index (χ0v) is 9.71. The third-order valence-corrected chi connectivity index (χ3v) is 2.45. The molecule has 0 fully saturated rings. The zero-order valence-electron chi connectivity index (χ0n) is 8.95. The number of aryl methyl sites for hydroxylation is 1. The van der Waals surface area contributed by atoms with Gasteiger partial charge in [-0.1, -0.05) is 36.3 Å². The van der Waals surface area contributed by atoms with Crippen molar-refractivity contribution >= 4 is 11.6 Å². The van der Waals surface area contributed by atoms with E-state index in [0.29, 0.717) is 5.56 Å². The molecule has 0 aliphatic carbocycles. The molecule has 1 aromatic heterocycles. The van der Waals surface area contributed by atoms with Gasteiger partial charge in [0.2, 0.25) is 5.82 Å². The van der Waals surface area contributed by atoms with Crippen LogP contribution in [-0.2, 0) is 11.8 Å². The standard InChI is InChI=1S/C11H9ClF2N2O/c1-2-7-3-5-8(6-4-7)9-15-10(17-16-9)11(12,13)14/h3-6H,2H2,1H3. The number of hydrogen-bond donors (Lipinski definition) is 0. The maximum Gasteiger partial charge on any atom is 0.400 e. The number of hydrogen-bond acceptors (Lipinski definition) is 3. The first-order chi connectivity index (χ1) is 8.00. The highest BCUT2D eigenvalue weighted by atomic mass is 35.5. The fraction of sp³-hybridized carbons (Fsp3) is 0.273. The van der Waals surface area contributed by atoms with Gasteiger partial charge >= 0.3 is 11.3 Å². The van der Waals surface area contributed by atoms with Crippen molar-refractivity contribution in [3.8, 4) is 11.4 Å². The number of alkyl halides is 3. The highest BCUT2D eigenvalue weighted by molar-refractivity contribution is 6.21. The second-order valence-electron chi connectivity index (χ2n) is 3.47. The molecule has 90 valence electrons. The summed E-state index contributed by atoms with van der Waals surface area (Å²) in [6.07, 6.45) is 0.900. The molecule has 0 saturated carbocycles. The number of rotatable bonds is 3. The Labute approximate surface area is 101 Å². The summed E-state index contributed by atoms with van der Waals surface area (Å²) in [7, 11) is 0. The van der Waals surface area contributed by atoms with Crippen molar-refractivity contribution < 1.29 is 13.3 Å². The molecule has 0 spiro atoms. The van der Waals surface area contributed by atoms with E-state index in [9.17, 15) is 8.78 Å². The molecule has 0 atom stereocenters. The first kappa shape index (κ1) is 12.0. The van der Waals surface area contributed by atoms with Crippen molar-refractivity contribution in [1.82, 2.24) is 10.1 Å². The molecule has 0 saturated heterocycles. The first-order valence-corrected chi connectivity index (χ1v) is 5.38. The van der Waals surface area contributed by atoms with Gasteiger partial charge in [-0.25, -0.2) is 0 Å². The minimum Gasteiger partial charge on any atom is -0.331 e. The second-order valence-corrected chi connectivity index (χ2v) is 3.95. The number of aromatic nitrogens is 2. The van der Waals surface area contributed by atoms with Crippen molar-refractivity contribution in [2.24, 2.45) is 0 Å². The highest BCUT2D eigenvalue weighted by Gasteiger charge is 2.35. The molecular formula is C11H9ClF2N2O. The molecule has 1 aromatic carbocycles. The fourth-order valence-electron chi connectivity index (χ4n) is 1.35. The summed E-state index contributed by atoms with van der Waals surface area (Å²) in [5.74, 6) is -0.795. The van der Waals surface area contributed by atoms with E-state index in [1.54, 1.807) is 12.1 Å². The number of benzene rings is 1. The van der Waals surface area contributed by atoms with Crippen LogP contribution in [0.15, 0.2) is 28.8 Å². The van der Waals surface area contributed by atoms with E-state index < -0.39 is 11.3 Å². The summed E-state index contributed by atoms with van der Waals surface area (Å²) in [4.78, 5) is 3.55. The maximum atomic E-state index is 12.7. The van der Waals surface area contributed by atoms with Gasteiger partial charge in [0.1, 0.15) is 0 Å². The van der Waals surface area contributed by atoms with Crippen molar-refractivity contribution in [2.75, 3.05) is 0 Å². The summed E-state index contributed by atoms with van der Waals surface area (Å²) in [6.45, 7) is 2.02. The Bertz CT molecular complexity index is 505. The van der Waals surface area contributed by atoms with Crippen LogP contribution in [-0.4, -0.2) is 10.1 Å². The van der Waals surface area contributed by atoms with Crippen LogP contribution in [0.25, 0.3) is 11.4 Å². The summed E-state index contributed by atoms with van der Waals surface area (Å²) in [6, 6.07) is 7.26. The predicted molar refractivity (Wildman–Crippen MR) is 58.9 cm³/mol. The summed E-state index contributed by atoms with van der Waals surface area (Å²) < 4.78 is 29.7. The summed E-state index contributed by atoms with van der Waals surface area (Å²) in [5, 5.41) is -0.173. The molecule has 0 unspecified atom stereocenters. The minimum absolute atomic E-state index is 0.1000. The van der Waals surface area contributed by atoms with Crippen LogP contribution in [0.5, 0.6) is 0 Å². The average Bonchev–Trinajstić information content (AvgIpc) is 2.78. The van der Waals surface area contributed by atoms with Gasteiger partial charge < -0.3 is 4.52 Å². The molecule has 1 heterocycles. The minimum atomic E-state index is -3.63. The van der Waals surface area contributed by atoms with E-state index in [-0.39, 0.29) is 5.82 Å². The van der Waals surface area contributed by atoms with Crippen LogP contribution in [0, 0.1) is 0 Å².